The first kappa shape index (κ1) is 17.3. The molecule has 0 radical (unpaired) electrons. The summed E-state index contributed by atoms with van der Waals surface area (Å²) in [6, 6.07) is 12.7. The van der Waals surface area contributed by atoms with Gasteiger partial charge in [-0.1, -0.05) is 0 Å². The van der Waals surface area contributed by atoms with Crippen molar-refractivity contribution in [3.05, 3.63) is 57.2 Å². The third-order valence-corrected chi connectivity index (χ3v) is 3.69. The molecule has 5 nitrogen and oxygen atoms in total. The first-order valence-corrected chi connectivity index (χ1v) is 8.11. The van der Waals surface area contributed by atoms with Gasteiger partial charge in [0.1, 0.15) is 0 Å². The molecular weight excluding hydrogens is 407 g/mol. The summed E-state index contributed by atoms with van der Waals surface area (Å²) in [7, 11) is 1.58. The van der Waals surface area contributed by atoms with E-state index in [-0.39, 0.29) is 5.91 Å². The van der Waals surface area contributed by atoms with Gasteiger partial charge in [-0.3, -0.25) is 4.79 Å². The van der Waals surface area contributed by atoms with Crippen molar-refractivity contribution in [1.29, 1.82) is 0 Å². The Morgan fingerprint density at radius 2 is 1.96 bits per heavy atom. The first-order chi connectivity index (χ1) is 11.1. The number of carbonyl (C=O) groups excluding carboxylic acids is 1. The van der Waals surface area contributed by atoms with Gasteiger partial charge in [-0.25, -0.2) is 5.43 Å². The SMILES string of the molecule is CCOc1ccc(/C=N\NC(=O)c2ccc(I)cc2)cc1OC. The topological polar surface area (TPSA) is 59.9 Å². The summed E-state index contributed by atoms with van der Waals surface area (Å²) < 4.78 is 11.8. The minimum Gasteiger partial charge on any atom is -0.493 e. The lowest BCUT2D eigenvalue weighted by atomic mass is 10.2. The van der Waals surface area contributed by atoms with Gasteiger partial charge < -0.3 is 9.47 Å². The number of ether oxygens (including phenoxy) is 2. The number of hydrogen-bond acceptors (Lipinski definition) is 4. The molecule has 0 saturated carbocycles. The molecule has 120 valence electrons. The molecule has 0 fully saturated rings. The second kappa shape index (κ2) is 8.52. The zero-order valence-electron chi connectivity index (χ0n) is 12.9. The number of hydrogen-bond donors (Lipinski definition) is 1. The fourth-order valence-electron chi connectivity index (χ4n) is 1.87. The van der Waals surface area contributed by atoms with E-state index in [0.29, 0.717) is 23.7 Å². The van der Waals surface area contributed by atoms with Crippen LogP contribution in [0.5, 0.6) is 11.5 Å². The number of hydrazone groups is 1. The van der Waals surface area contributed by atoms with E-state index in [1.54, 1.807) is 31.5 Å². The molecule has 0 aliphatic carbocycles. The molecular formula is C17H17IN2O3. The Morgan fingerprint density at radius 1 is 1.22 bits per heavy atom. The van der Waals surface area contributed by atoms with Gasteiger partial charge in [0.25, 0.3) is 5.91 Å². The van der Waals surface area contributed by atoms with Crippen LogP contribution in [0, 0.1) is 3.57 Å². The molecule has 0 aliphatic rings. The maximum atomic E-state index is 11.9. The van der Waals surface area contributed by atoms with E-state index in [1.165, 1.54) is 0 Å². The summed E-state index contributed by atoms with van der Waals surface area (Å²) in [6.07, 6.45) is 1.56. The minimum absolute atomic E-state index is 0.254. The van der Waals surface area contributed by atoms with Crippen molar-refractivity contribution in [2.45, 2.75) is 6.92 Å². The highest BCUT2D eigenvalue weighted by molar-refractivity contribution is 14.1. The van der Waals surface area contributed by atoms with E-state index in [9.17, 15) is 4.79 Å². The number of methoxy groups -OCH3 is 1. The molecule has 23 heavy (non-hydrogen) atoms. The molecule has 0 atom stereocenters. The second-order valence-electron chi connectivity index (χ2n) is 4.55. The number of benzene rings is 2. The molecule has 0 bridgehead atoms. The summed E-state index contributed by atoms with van der Waals surface area (Å²) in [5.41, 5.74) is 3.86. The maximum Gasteiger partial charge on any atom is 0.271 e. The summed E-state index contributed by atoms with van der Waals surface area (Å²) in [5, 5.41) is 3.97. The number of amides is 1. The number of nitrogens with one attached hydrogen (secondary N) is 1. The number of halogens is 1. The van der Waals surface area contributed by atoms with Gasteiger partial charge in [-0.2, -0.15) is 5.10 Å². The highest BCUT2D eigenvalue weighted by Crippen LogP contribution is 2.27. The average molecular weight is 424 g/mol. The van der Waals surface area contributed by atoms with Crippen LogP contribution in [0.1, 0.15) is 22.8 Å². The lowest BCUT2D eigenvalue weighted by Gasteiger charge is -2.09. The van der Waals surface area contributed by atoms with Crippen molar-refractivity contribution in [2.75, 3.05) is 13.7 Å². The number of carbonyl (C=O) groups is 1. The summed E-state index contributed by atoms with van der Waals surface area (Å²) >= 11 is 2.19. The van der Waals surface area contributed by atoms with Crippen LogP contribution in [0.4, 0.5) is 0 Å². The molecule has 0 saturated heterocycles. The molecule has 0 aliphatic heterocycles. The molecule has 2 rings (SSSR count). The smallest absolute Gasteiger partial charge is 0.271 e. The largest absolute Gasteiger partial charge is 0.493 e. The molecule has 0 spiro atoms. The third-order valence-electron chi connectivity index (χ3n) is 2.97. The van der Waals surface area contributed by atoms with Crippen LogP contribution in [-0.2, 0) is 0 Å². The van der Waals surface area contributed by atoms with Gasteiger partial charge >= 0.3 is 0 Å². The van der Waals surface area contributed by atoms with Crippen molar-refractivity contribution in [1.82, 2.24) is 5.43 Å². The van der Waals surface area contributed by atoms with E-state index in [4.69, 9.17) is 9.47 Å². The summed E-state index contributed by atoms with van der Waals surface area (Å²) in [4.78, 5) is 11.9. The molecule has 0 heterocycles. The lowest BCUT2D eigenvalue weighted by molar-refractivity contribution is 0.0955. The fraction of sp³-hybridized carbons (Fsp3) is 0.176. The molecule has 0 aromatic heterocycles. The number of rotatable bonds is 6. The molecule has 1 amide bonds. The molecule has 2 aromatic rings. The van der Waals surface area contributed by atoms with Crippen molar-refractivity contribution in [3.8, 4) is 11.5 Å². The van der Waals surface area contributed by atoms with Crippen molar-refractivity contribution in [3.63, 3.8) is 0 Å². The standard InChI is InChI=1S/C17H17IN2O3/c1-3-23-15-9-4-12(10-16(15)22-2)11-19-20-17(21)13-5-7-14(18)8-6-13/h4-11H,3H2,1-2H3,(H,20,21)/b19-11-. The maximum absolute atomic E-state index is 11.9. The Bertz CT molecular complexity index is 699. The molecule has 1 N–H and O–H groups in total. The third kappa shape index (κ3) is 4.95. The van der Waals surface area contributed by atoms with Crippen LogP contribution < -0.4 is 14.9 Å². The molecule has 2 aromatic carbocycles. The van der Waals surface area contributed by atoms with Gasteiger partial charge in [-0.05, 0) is 77.5 Å². The van der Waals surface area contributed by atoms with E-state index in [2.05, 4.69) is 33.1 Å². The highest BCUT2D eigenvalue weighted by Gasteiger charge is 2.05. The van der Waals surface area contributed by atoms with Gasteiger partial charge in [0.15, 0.2) is 11.5 Å². The first-order valence-electron chi connectivity index (χ1n) is 7.04. The Kier molecular flexibility index (Phi) is 6.40. The minimum atomic E-state index is -0.254. The van der Waals surface area contributed by atoms with Crippen LogP contribution in [0.15, 0.2) is 47.6 Å². The Morgan fingerprint density at radius 3 is 2.61 bits per heavy atom. The quantitative estimate of drug-likeness (QED) is 0.439. The van der Waals surface area contributed by atoms with Crippen molar-refractivity contribution < 1.29 is 14.3 Å². The Balaban J connectivity index is 2.02. The predicted octanol–water partition coefficient (Wildman–Crippen LogP) is 3.46. The van der Waals surface area contributed by atoms with Crippen LogP contribution in [0.25, 0.3) is 0 Å². The van der Waals surface area contributed by atoms with Gasteiger partial charge in [-0.15, -0.1) is 0 Å². The summed E-state index contributed by atoms with van der Waals surface area (Å²) in [5.74, 6) is 1.05. The fourth-order valence-corrected chi connectivity index (χ4v) is 2.23. The van der Waals surface area contributed by atoms with Crippen LogP contribution in [-0.4, -0.2) is 25.8 Å². The van der Waals surface area contributed by atoms with Gasteiger partial charge in [0, 0.05) is 9.13 Å². The second-order valence-corrected chi connectivity index (χ2v) is 5.79. The zero-order chi connectivity index (χ0) is 16.7. The normalized spacial score (nSPS) is 10.6. The zero-order valence-corrected chi connectivity index (χ0v) is 15.0. The monoisotopic (exact) mass is 424 g/mol. The average Bonchev–Trinajstić information content (AvgIpc) is 2.56. The Hall–Kier alpha value is -2.09. The van der Waals surface area contributed by atoms with Gasteiger partial charge in [0.2, 0.25) is 0 Å². The Labute approximate surface area is 148 Å². The van der Waals surface area contributed by atoms with E-state index in [0.717, 1.165) is 9.13 Å². The van der Waals surface area contributed by atoms with E-state index in [1.807, 2.05) is 31.2 Å². The highest BCUT2D eigenvalue weighted by atomic mass is 127. The van der Waals surface area contributed by atoms with Gasteiger partial charge in [0.05, 0.1) is 19.9 Å². The summed E-state index contributed by atoms with van der Waals surface area (Å²) in [6.45, 7) is 2.48. The van der Waals surface area contributed by atoms with Crippen LogP contribution >= 0.6 is 22.6 Å². The van der Waals surface area contributed by atoms with Crippen molar-refractivity contribution in [2.24, 2.45) is 5.10 Å². The predicted molar refractivity (Wildman–Crippen MR) is 98.4 cm³/mol. The lowest BCUT2D eigenvalue weighted by Crippen LogP contribution is -2.17. The van der Waals surface area contributed by atoms with Crippen LogP contribution in [0.2, 0.25) is 0 Å². The van der Waals surface area contributed by atoms with E-state index < -0.39 is 0 Å². The van der Waals surface area contributed by atoms with Crippen molar-refractivity contribution >= 4 is 34.7 Å². The molecule has 6 heteroatoms. The number of nitrogens with zero attached hydrogens (tertiary/aromatic N) is 1. The van der Waals surface area contributed by atoms with E-state index >= 15 is 0 Å². The molecule has 0 unspecified atom stereocenters. The van der Waals surface area contributed by atoms with Crippen LogP contribution in [0.3, 0.4) is 0 Å².